The first-order valence-corrected chi connectivity index (χ1v) is 13.0. The summed E-state index contributed by atoms with van der Waals surface area (Å²) in [5.41, 5.74) is 2.55. The van der Waals surface area contributed by atoms with E-state index in [0.717, 1.165) is 36.7 Å². The van der Waals surface area contributed by atoms with Crippen molar-refractivity contribution in [3.8, 4) is 11.7 Å². The second-order valence-corrected chi connectivity index (χ2v) is 9.93. The van der Waals surface area contributed by atoms with Gasteiger partial charge in [-0.2, -0.15) is 0 Å². The minimum absolute atomic E-state index is 0.0667. The van der Waals surface area contributed by atoms with Gasteiger partial charge in [0.25, 0.3) is 5.91 Å². The van der Waals surface area contributed by atoms with E-state index < -0.39 is 0 Å². The molecule has 2 N–H and O–H groups in total. The van der Waals surface area contributed by atoms with Gasteiger partial charge in [0.15, 0.2) is 5.82 Å². The summed E-state index contributed by atoms with van der Waals surface area (Å²) in [6, 6.07) is 12.7. The third-order valence-electron chi connectivity index (χ3n) is 6.95. The summed E-state index contributed by atoms with van der Waals surface area (Å²) in [5.74, 6) is 0.827. The summed E-state index contributed by atoms with van der Waals surface area (Å²) in [7, 11) is 0. The van der Waals surface area contributed by atoms with Crippen molar-refractivity contribution in [1.29, 1.82) is 0 Å². The molecule has 1 fully saturated rings. The number of aryl methyl sites for hydroxylation is 1. The van der Waals surface area contributed by atoms with Crippen molar-refractivity contribution in [2.24, 2.45) is 5.92 Å². The molecule has 0 aliphatic heterocycles. The number of pyridine rings is 1. The van der Waals surface area contributed by atoms with Gasteiger partial charge in [0.1, 0.15) is 6.61 Å². The number of rotatable bonds is 8. The topological polar surface area (TPSA) is 124 Å². The fourth-order valence-corrected chi connectivity index (χ4v) is 5.17. The van der Waals surface area contributed by atoms with E-state index in [2.05, 4.69) is 20.5 Å². The highest BCUT2D eigenvalue weighted by atomic mass is 35.5. The Bertz CT molecular complexity index is 1490. The molecule has 1 saturated carbocycles. The Labute approximate surface area is 224 Å². The van der Waals surface area contributed by atoms with Crippen molar-refractivity contribution in [1.82, 2.24) is 29.6 Å². The number of carbonyl (C=O) groups excluding carboxylic acids is 1. The monoisotopic (exact) mass is 536 g/mol. The number of hydrogen-bond acceptors (Lipinski definition) is 7. The number of carbonyl (C=O) groups is 1. The van der Waals surface area contributed by atoms with Crippen molar-refractivity contribution in [2.75, 3.05) is 13.2 Å². The number of fused-ring (bicyclic) bond motifs is 1. The second kappa shape index (κ2) is 11.3. The quantitative estimate of drug-likeness (QED) is 0.354. The summed E-state index contributed by atoms with van der Waals surface area (Å²) in [4.78, 5) is 30.5. The molecule has 10 nitrogen and oxygen atoms in total. The van der Waals surface area contributed by atoms with Crippen LogP contribution in [0.1, 0.15) is 41.7 Å². The van der Waals surface area contributed by atoms with Crippen LogP contribution in [0, 0.1) is 12.8 Å². The van der Waals surface area contributed by atoms with E-state index in [9.17, 15) is 9.59 Å². The predicted molar refractivity (Wildman–Crippen MR) is 143 cm³/mol. The highest BCUT2D eigenvalue weighted by Crippen LogP contribution is 2.28. The fourth-order valence-electron chi connectivity index (χ4n) is 5.01. The van der Waals surface area contributed by atoms with Gasteiger partial charge in [0.2, 0.25) is 5.88 Å². The molecule has 1 aliphatic carbocycles. The first-order chi connectivity index (χ1) is 18.4. The molecule has 198 valence electrons. The molecule has 0 saturated heterocycles. The molecule has 1 amide bonds. The zero-order valence-electron chi connectivity index (χ0n) is 21.0. The van der Waals surface area contributed by atoms with Crippen LogP contribution < -0.4 is 15.7 Å². The minimum atomic E-state index is -0.177. The van der Waals surface area contributed by atoms with Gasteiger partial charge >= 0.3 is 5.69 Å². The number of benzene rings is 1. The number of nitrogens with zero attached hydrogens (tertiary/aromatic N) is 5. The number of aromatic nitrogens is 5. The van der Waals surface area contributed by atoms with Crippen LogP contribution in [0.15, 0.2) is 53.5 Å². The molecule has 38 heavy (non-hydrogen) atoms. The summed E-state index contributed by atoms with van der Waals surface area (Å²) < 4.78 is 8.65. The maximum atomic E-state index is 13.6. The number of hydrogen-bond donors (Lipinski definition) is 2. The normalized spacial score (nSPS) is 17.4. The third-order valence-corrected chi connectivity index (χ3v) is 7.16. The van der Waals surface area contributed by atoms with Crippen LogP contribution in [0.5, 0.6) is 5.88 Å². The second-order valence-electron chi connectivity index (χ2n) is 9.50. The molecule has 1 aromatic carbocycles. The summed E-state index contributed by atoms with van der Waals surface area (Å²) in [6.45, 7) is 2.37. The highest BCUT2D eigenvalue weighted by Gasteiger charge is 2.26. The van der Waals surface area contributed by atoms with Crippen LogP contribution in [0.25, 0.3) is 16.9 Å². The van der Waals surface area contributed by atoms with Crippen molar-refractivity contribution in [3.63, 3.8) is 0 Å². The van der Waals surface area contributed by atoms with Crippen LogP contribution in [0.4, 0.5) is 0 Å². The van der Waals surface area contributed by atoms with E-state index in [4.69, 9.17) is 21.4 Å². The summed E-state index contributed by atoms with van der Waals surface area (Å²) >= 11 is 6.03. The van der Waals surface area contributed by atoms with E-state index in [-0.39, 0.29) is 36.7 Å². The van der Waals surface area contributed by atoms with Crippen molar-refractivity contribution in [3.05, 3.63) is 75.4 Å². The van der Waals surface area contributed by atoms with Gasteiger partial charge < -0.3 is 15.2 Å². The smallest absolute Gasteiger partial charge is 0.334 e. The van der Waals surface area contributed by atoms with Gasteiger partial charge in [-0.3, -0.25) is 14.3 Å². The van der Waals surface area contributed by atoms with E-state index in [0.29, 0.717) is 34.6 Å². The Kier molecular flexibility index (Phi) is 7.71. The van der Waals surface area contributed by atoms with Crippen molar-refractivity contribution < 1.29 is 14.6 Å². The molecular weight excluding hydrogens is 508 g/mol. The Morgan fingerprint density at radius 1 is 1.13 bits per heavy atom. The predicted octanol–water partition coefficient (Wildman–Crippen LogP) is 3.30. The van der Waals surface area contributed by atoms with Gasteiger partial charge in [-0.1, -0.05) is 23.7 Å². The molecule has 3 heterocycles. The molecule has 0 radical (unpaired) electrons. The van der Waals surface area contributed by atoms with Gasteiger partial charge in [-0.25, -0.2) is 9.36 Å². The average molecular weight is 537 g/mol. The van der Waals surface area contributed by atoms with Crippen LogP contribution >= 0.6 is 11.6 Å². The van der Waals surface area contributed by atoms with Gasteiger partial charge in [-0.15, -0.1) is 10.2 Å². The van der Waals surface area contributed by atoms with E-state index in [1.54, 1.807) is 34.3 Å². The van der Waals surface area contributed by atoms with Crippen LogP contribution in [-0.4, -0.2) is 54.6 Å². The molecular formula is C27H29ClN6O4. The van der Waals surface area contributed by atoms with E-state index >= 15 is 0 Å². The van der Waals surface area contributed by atoms with Crippen molar-refractivity contribution >= 4 is 28.5 Å². The number of ether oxygens (including phenoxy) is 1. The molecule has 11 heteroatoms. The lowest BCUT2D eigenvalue weighted by molar-refractivity contribution is 0.0919. The number of nitrogens with one attached hydrogen (secondary N) is 1. The SMILES string of the molecule is Cc1ncc(Cl)cc1C(=O)N[C@H]1CC[C@H](Cn2c(=O)n(-c3ccc(OCCO)nn3)c3ccccc32)CC1. The number of aliphatic hydroxyl groups is 1. The molecule has 3 aromatic heterocycles. The van der Waals surface area contributed by atoms with Crippen molar-refractivity contribution in [2.45, 2.75) is 45.2 Å². The van der Waals surface area contributed by atoms with E-state index in [1.165, 1.54) is 6.20 Å². The van der Waals surface area contributed by atoms with Gasteiger partial charge in [0, 0.05) is 24.8 Å². The maximum absolute atomic E-state index is 13.6. The number of amides is 1. The zero-order chi connectivity index (χ0) is 26.6. The lowest BCUT2D eigenvalue weighted by Gasteiger charge is -2.29. The molecule has 0 spiro atoms. The molecule has 5 rings (SSSR count). The molecule has 0 bridgehead atoms. The highest BCUT2D eigenvalue weighted by molar-refractivity contribution is 6.30. The largest absolute Gasteiger partial charge is 0.474 e. The van der Waals surface area contributed by atoms with E-state index in [1.807, 2.05) is 24.3 Å². The van der Waals surface area contributed by atoms with Gasteiger partial charge in [0.05, 0.1) is 33.9 Å². The number of imidazole rings is 1. The lowest BCUT2D eigenvalue weighted by Crippen LogP contribution is -2.39. The molecule has 0 unspecified atom stereocenters. The Hall–Kier alpha value is -3.76. The standard InChI is InChI=1S/C27H29ClN6O4/c1-17-21(14-19(28)15-29-17)26(36)30-20-8-6-18(7-9-20)16-33-22-4-2-3-5-23(22)34(27(33)37)24-10-11-25(32-31-24)38-13-12-35/h2-5,10-11,14-15,18,20,35H,6-9,12-13,16H2,1H3,(H,30,36)/t18-,20-. The minimum Gasteiger partial charge on any atom is -0.474 e. The molecule has 0 atom stereocenters. The average Bonchev–Trinajstić information content (AvgIpc) is 3.21. The first kappa shape index (κ1) is 25.9. The Morgan fingerprint density at radius 3 is 2.61 bits per heavy atom. The van der Waals surface area contributed by atoms with Crippen LogP contribution in [-0.2, 0) is 6.54 Å². The van der Waals surface area contributed by atoms with Crippen LogP contribution in [0.3, 0.4) is 0 Å². The zero-order valence-corrected chi connectivity index (χ0v) is 21.8. The Balaban J connectivity index is 1.29. The van der Waals surface area contributed by atoms with Gasteiger partial charge in [-0.05, 0) is 62.8 Å². The van der Waals surface area contributed by atoms with Crippen LogP contribution in [0.2, 0.25) is 5.02 Å². The third kappa shape index (κ3) is 5.41. The Morgan fingerprint density at radius 2 is 1.89 bits per heavy atom. The number of para-hydroxylation sites is 2. The fraction of sp³-hybridized carbons (Fsp3) is 0.370. The number of halogens is 1. The molecule has 4 aromatic rings. The summed E-state index contributed by atoms with van der Waals surface area (Å²) in [6.07, 6.45) is 4.98. The first-order valence-electron chi connectivity index (χ1n) is 12.7. The molecule has 1 aliphatic rings. The number of aliphatic hydroxyl groups excluding tert-OH is 1. The maximum Gasteiger partial charge on any atom is 0.334 e. The summed E-state index contributed by atoms with van der Waals surface area (Å²) in [5, 5.41) is 20.7. The lowest BCUT2D eigenvalue weighted by atomic mass is 9.85.